The van der Waals surface area contributed by atoms with Gasteiger partial charge >= 0.3 is 5.97 Å². The lowest BCUT2D eigenvalue weighted by molar-refractivity contribution is -0.144. The summed E-state index contributed by atoms with van der Waals surface area (Å²) in [6.45, 7) is 0. The lowest BCUT2D eigenvalue weighted by Crippen LogP contribution is -2.29. The molecule has 0 aromatic carbocycles. The van der Waals surface area contributed by atoms with Crippen molar-refractivity contribution in [2.75, 3.05) is 0 Å². The van der Waals surface area contributed by atoms with Gasteiger partial charge in [0.15, 0.2) is 0 Å². The molecule has 0 radical (unpaired) electrons. The van der Waals surface area contributed by atoms with Crippen LogP contribution in [-0.4, -0.2) is 20.9 Å². The first-order chi connectivity index (χ1) is 6.79. The third kappa shape index (κ3) is 1.64. The van der Waals surface area contributed by atoms with Crippen LogP contribution in [0.25, 0.3) is 0 Å². The fourth-order valence-corrected chi connectivity index (χ4v) is 2.19. The molecule has 4 heteroatoms. The number of hydrogen-bond acceptors (Lipinski definition) is 2. The maximum absolute atomic E-state index is 11.0. The van der Waals surface area contributed by atoms with Crippen molar-refractivity contribution in [3.05, 3.63) is 18.5 Å². The first-order valence-electron chi connectivity index (χ1n) is 5.01. The normalized spacial score (nSPS) is 27.4. The number of hydrogen-bond donors (Lipinski definition) is 1. The average molecular weight is 194 g/mol. The molecule has 1 aliphatic carbocycles. The molecule has 2 unspecified atom stereocenters. The highest BCUT2D eigenvalue weighted by Crippen LogP contribution is 2.33. The second-order valence-corrected chi connectivity index (χ2v) is 3.78. The number of carboxylic acid groups (broad SMARTS) is 1. The minimum Gasteiger partial charge on any atom is -0.481 e. The highest BCUT2D eigenvalue weighted by molar-refractivity contribution is 5.70. The Morgan fingerprint density at radius 3 is 2.86 bits per heavy atom. The highest BCUT2D eigenvalue weighted by Gasteiger charge is 2.32. The van der Waals surface area contributed by atoms with E-state index in [9.17, 15) is 4.79 Å². The van der Waals surface area contributed by atoms with Gasteiger partial charge in [-0.2, -0.15) is 5.10 Å². The smallest absolute Gasteiger partial charge is 0.308 e. The second kappa shape index (κ2) is 3.82. The van der Waals surface area contributed by atoms with Gasteiger partial charge in [0.2, 0.25) is 0 Å². The molecule has 76 valence electrons. The third-order valence-corrected chi connectivity index (χ3v) is 2.91. The monoisotopic (exact) mass is 194 g/mol. The van der Waals surface area contributed by atoms with E-state index in [1.807, 2.05) is 12.3 Å². The molecule has 1 aliphatic rings. The minimum absolute atomic E-state index is 0.0521. The Kier molecular flexibility index (Phi) is 2.52. The summed E-state index contributed by atoms with van der Waals surface area (Å²) in [6.07, 6.45) is 7.39. The Hall–Kier alpha value is -1.32. The van der Waals surface area contributed by atoms with E-state index in [-0.39, 0.29) is 12.0 Å². The van der Waals surface area contributed by atoms with Crippen molar-refractivity contribution in [1.82, 2.24) is 9.78 Å². The van der Waals surface area contributed by atoms with Gasteiger partial charge in [0.25, 0.3) is 0 Å². The van der Waals surface area contributed by atoms with Crippen molar-refractivity contribution in [3.8, 4) is 0 Å². The number of aromatic nitrogens is 2. The van der Waals surface area contributed by atoms with Gasteiger partial charge in [-0.05, 0) is 18.9 Å². The Morgan fingerprint density at radius 2 is 2.21 bits per heavy atom. The van der Waals surface area contributed by atoms with Gasteiger partial charge in [-0.1, -0.05) is 12.8 Å². The summed E-state index contributed by atoms with van der Waals surface area (Å²) in [4.78, 5) is 11.0. The van der Waals surface area contributed by atoms with Gasteiger partial charge in [-0.25, -0.2) is 0 Å². The minimum atomic E-state index is -0.690. The molecule has 1 fully saturated rings. The molecule has 0 bridgehead atoms. The van der Waals surface area contributed by atoms with E-state index < -0.39 is 5.97 Å². The van der Waals surface area contributed by atoms with Crippen LogP contribution in [0.1, 0.15) is 31.7 Å². The molecule has 0 aliphatic heterocycles. The maximum Gasteiger partial charge on any atom is 0.308 e. The summed E-state index contributed by atoms with van der Waals surface area (Å²) in [6, 6.07) is 1.89. The standard InChI is InChI=1S/C10H14N2O2/c13-10(14)8-4-1-2-5-9(8)12-7-3-6-11-12/h3,6-9H,1-2,4-5H2,(H,13,14). The zero-order valence-electron chi connectivity index (χ0n) is 7.97. The molecule has 0 saturated heterocycles. The van der Waals surface area contributed by atoms with E-state index in [1.165, 1.54) is 0 Å². The zero-order chi connectivity index (χ0) is 9.97. The number of nitrogens with zero attached hydrogens (tertiary/aromatic N) is 2. The van der Waals surface area contributed by atoms with Crippen LogP contribution in [-0.2, 0) is 4.79 Å². The molecule has 2 atom stereocenters. The second-order valence-electron chi connectivity index (χ2n) is 3.78. The molecule has 0 spiro atoms. The van der Waals surface area contributed by atoms with Gasteiger partial charge in [-0.3, -0.25) is 9.48 Å². The third-order valence-electron chi connectivity index (χ3n) is 2.91. The fraction of sp³-hybridized carbons (Fsp3) is 0.600. The van der Waals surface area contributed by atoms with Crippen LogP contribution < -0.4 is 0 Å². The summed E-state index contributed by atoms with van der Waals surface area (Å²) in [5, 5.41) is 13.2. The molecule has 1 saturated carbocycles. The van der Waals surface area contributed by atoms with E-state index in [1.54, 1.807) is 10.9 Å². The summed E-state index contributed by atoms with van der Waals surface area (Å²) >= 11 is 0. The zero-order valence-corrected chi connectivity index (χ0v) is 7.97. The van der Waals surface area contributed by atoms with E-state index in [0.29, 0.717) is 0 Å². The van der Waals surface area contributed by atoms with E-state index in [4.69, 9.17) is 5.11 Å². The lowest BCUT2D eigenvalue weighted by Gasteiger charge is -2.28. The summed E-state index contributed by atoms with van der Waals surface area (Å²) in [7, 11) is 0. The lowest BCUT2D eigenvalue weighted by atomic mass is 9.85. The Labute approximate surface area is 82.5 Å². The average Bonchev–Trinajstić information content (AvgIpc) is 2.70. The Bertz CT molecular complexity index is 308. The molecule has 14 heavy (non-hydrogen) atoms. The molecule has 1 heterocycles. The quantitative estimate of drug-likeness (QED) is 0.779. The highest BCUT2D eigenvalue weighted by atomic mass is 16.4. The van der Waals surface area contributed by atoms with Crippen LogP contribution in [0.4, 0.5) is 0 Å². The summed E-state index contributed by atoms with van der Waals surface area (Å²) < 4.78 is 1.79. The van der Waals surface area contributed by atoms with Crippen molar-refractivity contribution in [2.45, 2.75) is 31.7 Å². The largest absolute Gasteiger partial charge is 0.481 e. The van der Waals surface area contributed by atoms with Crippen LogP contribution in [0.3, 0.4) is 0 Å². The molecule has 4 nitrogen and oxygen atoms in total. The van der Waals surface area contributed by atoms with E-state index in [0.717, 1.165) is 25.7 Å². The summed E-state index contributed by atoms with van der Waals surface area (Å²) in [5.41, 5.74) is 0. The number of carbonyl (C=O) groups is 1. The molecule has 1 N–H and O–H groups in total. The SMILES string of the molecule is O=C(O)C1CCCCC1n1cccn1. The van der Waals surface area contributed by atoms with Crippen molar-refractivity contribution < 1.29 is 9.90 Å². The molecule has 2 rings (SSSR count). The molecule has 1 aromatic rings. The number of rotatable bonds is 2. The van der Waals surface area contributed by atoms with Crippen LogP contribution >= 0.6 is 0 Å². The van der Waals surface area contributed by atoms with Crippen molar-refractivity contribution in [3.63, 3.8) is 0 Å². The van der Waals surface area contributed by atoms with Crippen LogP contribution in [0.5, 0.6) is 0 Å². The fourth-order valence-electron chi connectivity index (χ4n) is 2.19. The van der Waals surface area contributed by atoms with Crippen LogP contribution in [0.2, 0.25) is 0 Å². The van der Waals surface area contributed by atoms with Gasteiger partial charge in [0, 0.05) is 12.4 Å². The van der Waals surface area contributed by atoms with Crippen molar-refractivity contribution in [1.29, 1.82) is 0 Å². The van der Waals surface area contributed by atoms with Gasteiger partial charge in [-0.15, -0.1) is 0 Å². The first-order valence-corrected chi connectivity index (χ1v) is 5.01. The maximum atomic E-state index is 11.0. The predicted molar refractivity (Wildman–Crippen MR) is 50.9 cm³/mol. The molecular weight excluding hydrogens is 180 g/mol. The molecule has 0 amide bonds. The van der Waals surface area contributed by atoms with Gasteiger partial charge in [0.05, 0.1) is 12.0 Å². The van der Waals surface area contributed by atoms with E-state index in [2.05, 4.69) is 5.10 Å². The van der Waals surface area contributed by atoms with Crippen molar-refractivity contribution >= 4 is 5.97 Å². The topological polar surface area (TPSA) is 55.1 Å². The van der Waals surface area contributed by atoms with Crippen LogP contribution in [0, 0.1) is 5.92 Å². The number of aliphatic carboxylic acids is 1. The Balaban J connectivity index is 2.18. The first kappa shape index (κ1) is 9.24. The van der Waals surface area contributed by atoms with E-state index >= 15 is 0 Å². The predicted octanol–water partition coefficient (Wildman–Crippen LogP) is 1.70. The molecular formula is C10H14N2O2. The Morgan fingerprint density at radius 1 is 1.43 bits per heavy atom. The molecule has 1 aromatic heterocycles. The summed E-state index contributed by atoms with van der Waals surface area (Å²) in [5.74, 6) is -0.950. The van der Waals surface area contributed by atoms with Crippen molar-refractivity contribution in [2.24, 2.45) is 5.92 Å². The van der Waals surface area contributed by atoms with Crippen LogP contribution in [0.15, 0.2) is 18.5 Å². The van der Waals surface area contributed by atoms with Gasteiger partial charge in [0.1, 0.15) is 0 Å². The van der Waals surface area contributed by atoms with Gasteiger partial charge < -0.3 is 5.11 Å². The number of carboxylic acids is 1.